The van der Waals surface area contributed by atoms with Gasteiger partial charge in [-0.2, -0.15) is 0 Å². The molecule has 0 aromatic heterocycles. The second kappa shape index (κ2) is 6.80. The maximum absolute atomic E-state index is 12.6. The van der Waals surface area contributed by atoms with Gasteiger partial charge in [-0.05, 0) is 34.7 Å². The monoisotopic (exact) mass is 424 g/mol. The van der Waals surface area contributed by atoms with Gasteiger partial charge in [0.25, 0.3) is 5.91 Å². The molecule has 2 amide bonds. The van der Waals surface area contributed by atoms with E-state index in [-0.39, 0.29) is 19.1 Å². The van der Waals surface area contributed by atoms with Gasteiger partial charge in [0.15, 0.2) is 6.10 Å². The molecule has 8 heteroatoms. The largest absolute Gasteiger partial charge is 0.496 e. The predicted molar refractivity (Wildman–Crippen MR) is 85.6 cm³/mol. The van der Waals surface area contributed by atoms with E-state index in [0.717, 1.165) is 3.57 Å². The number of carbonyl (C=O) groups is 2. The Balaban J connectivity index is 2.27. The maximum Gasteiger partial charge on any atom is 0.257 e. The average Bonchev–Trinajstić information content (AvgIpc) is 2.48. The molecule has 1 aromatic rings. The molecule has 114 valence electrons. The van der Waals surface area contributed by atoms with Gasteiger partial charge >= 0.3 is 0 Å². The van der Waals surface area contributed by atoms with Crippen LogP contribution in [0.5, 0.6) is 5.75 Å². The Labute approximate surface area is 140 Å². The Hall–Kier alpha value is -1.06. The quantitative estimate of drug-likeness (QED) is 0.741. The van der Waals surface area contributed by atoms with Gasteiger partial charge in [0, 0.05) is 10.1 Å². The molecule has 1 heterocycles. The number of primary amides is 1. The van der Waals surface area contributed by atoms with Crippen molar-refractivity contribution >= 4 is 46.0 Å². The second-order valence-corrected chi connectivity index (χ2v) is 6.05. The SMILES string of the molecule is COc1cc(I)c(Cl)cc1C(=O)N1CCOC(C(N)=O)C1. The van der Waals surface area contributed by atoms with Gasteiger partial charge in [0.1, 0.15) is 5.75 Å². The molecule has 21 heavy (non-hydrogen) atoms. The molecule has 1 aliphatic rings. The lowest BCUT2D eigenvalue weighted by Gasteiger charge is -2.31. The van der Waals surface area contributed by atoms with Crippen LogP contribution in [0, 0.1) is 3.57 Å². The summed E-state index contributed by atoms with van der Waals surface area (Å²) in [5, 5.41) is 0.472. The summed E-state index contributed by atoms with van der Waals surface area (Å²) < 4.78 is 11.3. The molecule has 1 fully saturated rings. The molecule has 1 aliphatic heterocycles. The Morgan fingerprint density at radius 1 is 1.52 bits per heavy atom. The van der Waals surface area contributed by atoms with E-state index in [9.17, 15) is 9.59 Å². The molecule has 0 spiro atoms. The summed E-state index contributed by atoms with van der Waals surface area (Å²) in [6.07, 6.45) is -0.784. The lowest BCUT2D eigenvalue weighted by atomic mass is 10.1. The standard InChI is InChI=1S/C13H14ClIN2O4/c1-20-10-5-9(15)8(14)4-7(10)13(19)17-2-3-21-11(6-17)12(16)18/h4-5,11H,2-3,6H2,1H3,(H2,16,18). The minimum Gasteiger partial charge on any atom is -0.496 e. The molecule has 0 saturated carbocycles. The van der Waals surface area contributed by atoms with E-state index in [1.807, 2.05) is 0 Å². The average molecular weight is 425 g/mol. The van der Waals surface area contributed by atoms with Crippen LogP contribution in [-0.2, 0) is 9.53 Å². The molecule has 0 bridgehead atoms. The summed E-state index contributed by atoms with van der Waals surface area (Å²) in [6.45, 7) is 0.774. The number of amides is 2. The van der Waals surface area contributed by atoms with Crippen molar-refractivity contribution in [1.82, 2.24) is 4.90 Å². The van der Waals surface area contributed by atoms with Crippen LogP contribution in [0.2, 0.25) is 5.02 Å². The Bertz CT molecular complexity index is 582. The molecule has 0 radical (unpaired) electrons. The van der Waals surface area contributed by atoms with Gasteiger partial charge in [0.2, 0.25) is 5.91 Å². The summed E-state index contributed by atoms with van der Waals surface area (Å²) >= 11 is 8.13. The highest BCUT2D eigenvalue weighted by Gasteiger charge is 2.29. The number of halogens is 2. The number of rotatable bonds is 3. The number of benzene rings is 1. The third kappa shape index (κ3) is 3.58. The van der Waals surface area contributed by atoms with Crippen molar-refractivity contribution < 1.29 is 19.1 Å². The Morgan fingerprint density at radius 2 is 2.24 bits per heavy atom. The van der Waals surface area contributed by atoms with E-state index < -0.39 is 12.0 Å². The fourth-order valence-electron chi connectivity index (χ4n) is 2.04. The van der Waals surface area contributed by atoms with Gasteiger partial charge < -0.3 is 20.1 Å². The van der Waals surface area contributed by atoms with Crippen molar-refractivity contribution in [3.05, 3.63) is 26.3 Å². The maximum atomic E-state index is 12.6. The first kappa shape index (κ1) is 16.3. The van der Waals surface area contributed by atoms with E-state index in [4.69, 9.17) is 26.8 Å². The van der Waals surface area contributed by atoms with Gasteiger partial charge in [-0.3, -0.25) is 9.59 Å². The number of nitrogens with two attached hydrogens (primary N) is 1. The van der Waals surface area contributed by atoms with Crippen LogP contribution >= 0.6 is 34.2 Å². The molecule has 2 N–H and O–H groups in total. The van der Waals surface area contributed by atoms with Gasteiger partial charge in [-0.15, -0.1) is 0 Å². The van der Waals surface area contributed by atoms with E-state index in [0.29, 0.717) is 22.9 Å². The highest BCUT2D eigenvalue weighted by molar-refractivity contribution is 14.1. The lowest BCUT2D eigenvalue weighted by Crippen LogP contribution is -2.50. The zero-order valence-electron chi connectivity index (χ0n) is 11.3. The number of methoxy groups -OCH3 is 1. The molecule has 1 saturated heterocycles. The summed E-state index contributed by atoms with van der Waals surface area (Å²) in [5.41, 5.74) is 5.57. The number of hydrogen-bond donors (Lipinski definition) is 1. The Kier molecular flexibility index (Phi) is 5.28. The first-order valence-electron chi connectivity index (χ1n) is 6.17. The third-order valence-corrected chi connectivity index (χ3v) is 4.67. The van der Waals surface area contributed by atoms with Crippen LogP contribution < -0.4 is 10.5 Å². The highest BCUT2D eigenvalue weighted by Crippen LogP contribution is 2.29. The molecular weight excluding hydrogens is 411 g/mol. The zero-order chi connectivity index (χ0) is 15.6. The fourth-order valence-corrected chi connectivity index (χ4v) is 2.64. The summed E-state index contributed by atoms with van der Waals surface area (Å²) in [4.78, 5) is 25.3. The van der Waals surface area contributed by atoms with Gasteiger partial charge in [-0.1, -0.05) is 11.6 Å². The zero-order valence-corrected chi connectivity index (χ0v) is 14.2. The number of carbonyl (C=O) groups excluding carboxylic acids is 2. The van der Waals surface area contributed by atoms with Crippen molar-refractivity contribution in [3.63, 3.8) is 0 Å². The van der Waals surface area contributed by atoms with Crippen LogP contribution in [0.1, 0.15) is 10.4 Å². The molecule has 1 atom stereocenters. The number of nitrogens with zero attached hydrogens (tertiary/aromatic N) is 1. The van der Waals surface area contributed by atoms with E-state index >= 15 is 0 Å². The van der Waals surface area contributed by atoms with Crippen LogP contribution in [0.4, 0.5) is 0 Å². The molecule has 1 unspecified atom stereocenters. The summed E-state index contributed by atoms with van der Waals surface area (Å²) in [7, 11) is 1.49. The normalized spacial score (nSPS) is 18.4. The minimum absolute atomic E-state index is 0.126. The van der Waals surface area contributed by atoms with E-state index in [2.05, 4.69) is 22.6 Å². The summed E-state index contributed by atoms with van der Waals surface area (Å²) in [6, 6.07) is 3.27. The highest BCUT2D eigenvalue weighted by atomic mass is 127. The predicted octanol–water partition coefficient (Wildman–Crippen LogP) is 1.28. The van der Waals surface area contributed by atoms with Gasteiger partial charge in [0.05, 0.1) is 30.8 Å². The topological polar surface area (TPSA) is 81.9 Å². The molecule has 0 aliphatic carbocycles. The first-order chi connectivity index (χ1) is 9.93. The third-order valence-electron chi connectivity index (χ3n) is 3.14. The number of ether oxygens (including phenoxy) is 2. The fraction of sp³-hybridized carbons (Fsp3) is 0.385. The van der Waals surface area contributed by atoms with Crippen LogP contribution in [0.3, 0.4) is 0 Å². The minimum atomic E-state index is -0.784. The number of hydrogen-bond acceptors (Lipinski definition) is 4. The molecule has 2 rings (SSSR count). The summed E-state index contributed by atoms with van der Waals surface area (Å²) in [5.74, 6) is -0.407. The molecule has 1 aromatic carbocycles. The van der Waals surface area contributed by atoms with Crippen molar-refractivity contribution in [1.29, 1.82) is 0 Å². The number of morpholine rings is 1. The molecular formula is C13H14ClIN2O4. The molecule has 6 nitrogen and oxygen atoms in total. The van der Waals surface area contributed by atoms with Crippen molar-refractivity contribution in [3.8, 4) is 5.75 Å². The van der Waals surface area contributed by atoms with Crippen molar-refractivity contribution in [2.24, 2.45) is 5.73 Å². The smallest absolute Gasteiger partial charge is 0.257 e. The van der Waals surface area contributed by atoms with Crippen molar-refractivity contribution in [2.45, 2.75) is 6.10 Å². The van der Waals surface area contributed by atoms with Crippen molar-refractivity contribution in [2.75, 3.05) is 26.8 Å². The second-order valence-electron chi connectivity index (χ2n) is 4.48. The van der Waals surface area contributed by atoms with Crippen LogP contribution in [0.25, 0.3) is 0 Å². The first-order valence-corrected chi connectivity index (χ1v) is 7.63. The van der Waals surface area contributed by atoms with Crippen LogP contribution in [0.15, 0.2) is 12.1 Å². The van der Waals surface area contributed by atoms with Crippen LogP contribution in [-0.4, -0.2) is 49.6 Å². The van der Waals surface area contributed by atoms with E-state index in [1.165, 1.54) is 12.0 Å². The lowest BCUT2D eigenvalue weighted by molar-refractivity contribution is -0.133. The van der Waals surface area contributed by atoms with E-state index in [1.54, 1.807) is 12.1 Å². The Morgan fingerprint density at radius 3 is 2.86 bits per heavy atom. The van der Waals surface area contributed by atoms with Gasteiger partial charge in [-0.25, -0.2) is 0 Å².